The number of aliphatic hydroxyl groups excluding tert-OH is 2. The number of hydrogen-bond acceptors (Lipinski definition) is 5. The van der Waals surface area contributed by atoms with E-state index in [4.69, 9.17) is 4.74 Å². The van der Waals surface area contributed by atoms with Crippen LogP contribution >= 0.6 is 0 Å². The van der Waals surface area contributed by atoms with E-state index in [1.807, 2.05) is 0 Å². The van der Waals surface area contributed by atoms with Crippen LogP contribution < -0.4 is 5.32 Å². The zero-order valence-electron chi connectivity index (χ0n) is 40.6. The maximum atomic E-state index is 13.2. The van der Waals surface area contributed by atoms with Crippen LogP contribution in [-0.2, 0) is 14.3 Å². The van der Waals surface area contributed by atoms with Gasteiger partial charge in [-0.05, 0) is 51.4 Å². The molecular weight excluding hydrogens is 743 g/mol. The first-order chi connectivity index (χ1) is 29.5. The smallest absolute Gasteiger partial charge is 0.306 e. The fourth-order valence-electron chi connectivity index (χ4n) is 8.49. The van der Waals surface area contributed by atoms with Crippen molar-refractivity contribution in [2.24, 2.45) is 0 Å². The fraction of sp³-hybridized carbons (Fsp3) is 0.926. The highest BCUT2D eigenvalue weighted by Crippen LogP contribution is 2.19. The minimum absolute atomic E-state index is 0.0841. The average molecular weight is 848 g/mol. The van der Waals surface area contributed by atoms with Crippen LogP contribution in [0.15, 0.2) is 12.2 Å². The van der Waals surface area contributed by atoms with Gasteiger partial charge in [-0.3, -0.25) is 9.59 Å². The van der Waals surface area contributed by atoms with Crippen LogP contribution in [0.4, 0.5) is 0 Å². The van der Waals surface area contributed by atoms with Crippen LogP contribution in [-0.4, -0.2) is 46.9 Å². The Labute approximate surface area is 374 Å². The van der Waals surface area contributed by atoms with Crippen LogP contribution in [0, 0.1) is 0 Å². The summed E-state index contributed by atoms with van der Waals surface area (Å²) < 4.78 is 5.94. The van der Waals surface area contributed by atoms with Crippen LogP contribution in [0.3, 0.4) is 0 Å². The topological polar surface area (TPSA) is 95.9 Å². The normalized spacial score (nSPS) is 13.2. The van der Waals surface area contributed by atoms with Gasteiger partial charge in [0.2, 0.25) is 5.91 Å². The Morgan fingerprint density at radius 1 is 0.467 bits per heavy atom. The Morgan fingerprint density at radius 2 is 0.800 bits per heavy atom. The molecule has 3 unspecified atom stereocenters. The lowest BCUT2D eigenvalue weighted by molar-refractivity contribution is -0.151. The van der Waals surface area contributed by atoms with Gasteiger partial charge in [-0.2, -0.15) is 0 Å². The van der Waals surface area contributed by atoms with Gasteiger partial charge < -0.3 is 20.3 Å². The highest BCUT2D eigenvalue weighted by Gasteiger charge is 2.24. The van der Waals surface area contributed by atoms with Crippen molar-refractivity contribution in [3.63, 3.8) is 0 Å². The molecule has 1 amide bonds. The summed E-state index contributed by atoms with van der Waals surface area (Å²) in [5, 5.41) is 23.7. The van der Waals surface area contributed by atoms with Crippen molar-refractivity contribution in [1.29, 1.82) is 0 Å². The lowest BCUT2D eigenvalue weighted by Gasteiger charge is -2.24. The molecule has 60 heavy (non-hydrogen) atoms. The molecule has 0 aromatic heterocycles. The van der Waals surface area contributed by atoms with Crippen LogP contribution in [0.5, 0.6) is 0 Å². The van der Waals surface area contributed by atoms with Gasteiger partial charge in [-0.25, -0.2) is 0 Å². The standard InChI is InChI=1S/C54H105NO5/c1-4-7-10-13-16-19-21-23-24-25-26-27-28-30-32-35-38-41-44-47-54(59)60-50(45-42-39-36-34-31-29-22-20-17-14-11-8-5-2)48-53(58)55-51(49-56)52(57)46-43-40-37-33-18-15-12-9-6-3/h23-24,50-52,56-57H,4-22,25-49H2,1-3H3,(H,55,58)/b24-23+. The number of carbonyl (C=O) groups is 2. The summed E-state index contributed by atoms with van der Waals surface area (Å²) in [6.45, 7) is 6.49. The van der Waals surface area contributed by atoms with Gasteiger partial charge in [0.1, 0.15) is 6.10 Å². The molecule has 356 valence electrons. The fourth-order valence-corrected chi connectivity index (χ4v) is 8.49. The largest absolute Gasteiger partial charge is 0.462 e. The molecule has 6 nitrogen and oxygen atoms in total. The molecule has 0 aliphatic heterocycles. The van der Waals surface area contributed by atoms with Crippen molar-refractivity contribution in [3.8, 4) is 0 Å². The molecule has 0 saturated heterocycles. The van der Waals surface area contributed by atoms with Gasteiger partial charge in [0, 0.05) is 6.42 Å². The summed E-state index contributed by atoms with van der Waals surface area (Å²) in [4.78, 5) is 26.1. The molecule has 0 aliphatic rings. The van der Waals surface area contributed by atoms with Crippen molar-refractivity contribution >= 4 is 11.9 Å². The second-order valence-electron chi connectivity index (χ2n) is 18.6. The van der Waals surface area contributed by atoms with E-state index >= 15 is 0 Å². The van der Waals surface area contributed by atoms with E-state index in [2.05, 4.69) is 38.2 Å². The maximum absolute atomic E-state index is 13.2. The molecule has 0 rings (SSSR count). The van der Waals surface area contributed by atoms with Crippen LogP contribution in [0.1, 0.15) is 297 Å². The molecule has 0 spiro atoms. The summed E-state index contributed by atoms with van der Waals surface area (Å²) in [5.74, 6) is -0.458. The molecule has 0 bridgehead atoms. The molecule has 0 fully saturated rings. The Bertz CT molecular complexity index is 909. The van der Waals surface area contributed by atoms with Gasteiger partial charge in [0.05, 0.1) is 25.2 Å². The van der Waals surface area contributed by atoms with E-state index in [1.54, 1.807) is 0 Å². The number of esters is 1. The first kappa shape index (κ1) is 58.6. The predicted octanol–water partition coefficient (Wildman–Crippen LogP) is 16.1. The summed E-state index contributed by atoms with van der Waals surface area (Å²) >= 11 is 0. The molecule has 0 radical (unpaired) electrons. The Kier molecular flexibility index (Phi) is 47.5. The quantitative estimate of drug-likeness (QED) is 0.0322. The molecule has 0 heterocycles. The van der Waals surface area contributed by atoms with Crippen molar-refractivity contribution < 1.29 is 24.5 Å². The third kappa shape index (κ3) is 43.3. The van der Waals surface area contributed by atoms with Gasteiger partial charge in [-0.1, -0.05) is 245 Å². The molecule has 3 atom stereocenters. The number of ether oxygens (including phenoxy) is 1. The summed E-state index contributed by atoms with van der Waals surface area (Å²) in [7, 11) is 0. The van der Waals surface area contributed by atoms with Crippen molar-refractivity contribution in [3.05, 3.63) is 12.2 Å². The lowest BCUT2D eigenvalue weighted by atomic mass is 10.0. The average Bonchev–Trinajstić information content (AvgIpc) is 3.24. The van der Waals surface area contributed by atoms with Gasteiger partial charge in [-0.15, -0.1) is 0 Å². The summed E-state index contributed by atoms with van der Waals surface area (Å²) in [5.41, 5.74) is 0. The number of unbranched alkanes of at least 4 members (excludes halogenated alkanes) is 35. The maximum Gasteiger partial charge on any atom is 0.306 e. The van der Waals surface area contributed by atoms with E-state index in [-0.39, 0.29) is 24.9 Å². The van der Waals surface area contributed by atoms with Gasteiger partial charge >= 0.3 is 5.97 Å². The molecule has 0 aromatic rings. The highest BCUT2D eigenvalue weighted by molar-refractivity contribution is 5.77. The first-order valence-corrected chi connectivity index (χ1v) is 26.9. The zero-order chi connectivity index (χ0) is 43.8. The van der Waals surface area contributed by atoms with Gasteiger partial charge in [0.15, 0.2) is 0 Å². The SMILES string of the molecule is CCCCCCCC/C=C/CCCCCCCCCCCC(=O)OC(CCCCCCCCCCCCCCC)CC(=O)NC(CO)C(O)CCCCCCCCCCC. The lowest BCUT2D eigenvalue weighted by Crippen LogP contribution is -2.46. The third-order valence-electron chi connectivity index (χ3n) is 12.6. The summed E-state index contributed by atoms with van der Waals surface area (Å²) in [6, 6.07) is -0.694. The van der Waals surface area contributed by atoms with Crippen LogP contribution in [0.25, 0.3) is 0 Å². The molecular formula is C54H105NO5. The second-order valence-corrected chi connectivity index (χ2v) is 18.6. The number of amides is 1. The van der Waals surface area contributed by atoms with E-state index in [9.17, 15) is 19.8 Å². The predicted molar refractivity (Wildman–Crippen MR) is 260 cm³/mol. The van der Waals surface area contributed by atoms with E-state index < -0.39 is 18.2 Å². The van der Waals surface area contributed by atoms with E-state index in [0.717, 1.165) is 44.9 Å². The molecule has 0 aliphatic carbocycles. The second kappa shape index (κ2) is 48.6. The number of carbonyl (C=O) groups excluding carboxylic acids is 2. The minimum atomic E-state index is -0.780. The van der Waals surface area contributed by atoms with E-state index in [1.165, 1.54) is 205 Å². The Balaban J connectivity index is 4.45. The monoisotopic (exact) mass is 848 g/mol. The number of aliphatic hydroxyl groups is 2. The Morgan fingerprint density at radius 3 is 1.18 bits per heavy atom. The zero-order valence-corrected chi connectivity index (χ0v) is 40.6. The number of allylic oxidation sites excluding steroid dienone is 2. The summed E-state index contributed by atoms with van der Waals surface area (Å²) in [6.07, 6.45) is 54.2. The highest BCUT2D eigenvalue weighted by atomic mass is 16.5. The minimum Gasteiger partial charge on any atom is -0.462 e. The van der Waals surface area contributed by atoms with Gasteiger partial charge in [0.25, 0.3) is 0 Å². The van der Waals surface area contributed by atoms with Crippen LogP contribution in [0.2, 0.25) is 0 Å². The first-order valence-electron chi connectivity index (χ1n) is 26.9. The third-order valence-corrected chi connectivity index (χ3v) is 12.6. The number of hydrogen-bond donors (Lipinski definition) is 3. The van der Waals surface area contributed by atoms with Crippen molar-refractivity contribution in [2.75, 3.05) is 6.61 Å². The van der Waals surface area contributed by atoms with Crippen molar-refractivity contribution in [2.45, 2.75) is 315 Å². The number of rotatable bonds is 49. The number of nitrogens with one attached hydrogen (secondary N) is 1. The molecule has 0 saturated carbocycles. The molecule has 3 N–H and O–H groups in total. The van der Waals surface area contributed by atoms with Crippen molar-refractivity contribution in [1.82, 2.24) is 5.32 Å². The van der Waals surface area contributed by atoms with E-state index in [0.29, 0.717) is 19.3 Å². The molecule has 6 heteroatoms. The Hall–Kier alpha value is -1.40. The molecule has 0 aromatic carbocycles.